The second-order valence-corrected chi connectivity index (χ2v) is 8.52. The van der Waals surface area contributed by atoms with Gasteiger partial charge < -0.3 is 0 Å². The van der Waals surface area contributed by atoms with E-state index in [2.05, 4.69) is 9.97 Å². The third-order valence-electron chi connectivity index (χ3n) is 6.33. The van der Waals surface area contributed by atoms with Gasteiger partial charge in [-0.15, -0.1) is 23.2 Å². The van der Waals surface area contributed by atoms with Gasteiger partial charge in [0.2, 0.25) is 0 Å². The van der Waals surface area contributed by atoms with Gasteiger partial charge in [0.05, 0.1) is 21.6 Å². The van der Waals surface area contributed by atoms with E-state index in [1.165, 1.54) is 0 Å². The van der Waals surface area contributed by atoms with Crippen LogP contribution in [0.15, 0.2) is 49.1 Å². The summed E-state index contributed by atoms with van der Waals surface area (Å²) in [6.45, 7) is 0. The normalized spacial score (nSPS) is 34.1. The first-order valence-electron chi connectivity index (χ1n) is 9.26. The summed E-state index contributed by atoms with van der Waals surface area (Å²) in [5.74, 6) is 0.178. The molecule has 0 saturated heterocycles. The van der Waals surface area contributed by atoms with Crippen molar-refractivity contribution in [3.8, 4) is 0 Å². The summed E-state index contributed by atoms with van der Waals surface area (Å²) in [5, 5.41) is -0.443. The highest BCUT2D eigenvalue weighted by atomic mass is 35.5. The first kappa shape index (κ1) is 17.9. The predicted molar refractivity (Wildman–Crippen MR) is 104 cm³/mol. The molecular formula is C21H22Cl2N2O. The van der Waals surface area contributed by atoms with Crippen LogP contribution in [0.5, 0.6) is 0 Å². The van der Waals surface area contributed by atoms with Crippen LogP contribution in [-0.4, -0.2) is 26.5 Å². The van der Waals surface area contributed by atoms with Crippen LogP contribution in [0.1, 0.15) is 49.7 Å². The fraction of sp³-hybridized carbons (Fsp3) is 0.476. The molecule has 4 atom stereocenters. The summed E-state index contributed by atoms with van der Waals surface area (Å²) in [4.78, 5) is 22.6. The van der Waals surface area contributed by atoms with Gasteiger partial charge in [-0.05, 0) is 61.1 Å². The second kappa shape index (κ2) is 6.94. The van der Waals surface area contributed by atoms with E-state index >= 15 is 0 Å². The number of hydrogen-bond acceptors (Lipinski definition) is 3. The lowest BCUT2D eigenvalue weighted by Crippen LogP contribution is -2.54. The Morgan fingerprint density at radius 3 is 1.50 bits per heavy atom. The van der Waals surface area contributed by atoms with E-state index in [0.717, 1.165) is 49.7 Å². The van der Waals surface area contributed by atoms with Crippen molar-refractivity contribution in [1.29, 1.82) is 0 Å². The minimum Gasteiger partial charge on any atom is -0.298 e. The number of Topliss-reactive ketones (excluding diaryl/α,β-unsaturated/α-hetero) is 1. The van der Waals surface area contributed by atoms with Crippen LogP contribution >= 0.6 is 23.2 Å². The van der Waals surface area contributed by atoms with Gasteiger partial charge in [-0.25, -0.2) is 0 Å². The molecule has 0 aliphatic heterocycles. The van der Waals surface area contributed by atoms with Crippen molar-refractivity contribution >= 4 is 29.0 Å². The van der Waals surface area contributed by atoms with Crippen LogP contribution in [0.2, 0.25) is 0 Å². The molecule has 2 aromatic heterocycles. The molecule has 2 aromatic rings. The monoisotopic (exact) mass is 388 g/mol. The van der Waals surface area contributed by atoms with Gasteiger partial charge in [0.15, 0.2) is 5.78 Å². The number of rotatable bonds is 4. The van der Waals surface area contributed by atoms with Crippen LogP contribution in [0.4, 0.5) is 0 Å². The van der Waals surface area contributed by atoms with Crippen LogP contribution in [0.25, 0.3) is 0 Å². The van der Waals surface area contributed by atoms with E-state index in [9.17, 15) is 4.79 Å². The van der Waals surface area contributed by atoms with Crippen LogP contribution in [0, 0.1) is 0 Å². The highest BCUT2D eigenvalue weighted by Crippen LogP contribution is 2.54. The van der Waals surface area contributed by atoms with E-state index in [0.29, 0.717) is 0 Å². The quantitative estimate of drug-likeness (QED) is 0.706. The molecule has 0 N–H and O–H groups in total. The lowest BCUT2D eigenvalue weighted by atomic mass is 9.62. The number of alkyl halides is 2. The summed E-state index contributed by atoms with van der Waals surface area (Å²) in [5.41, 5.74) is 0.537. The van der Waals surface area contributed by atoms with E-state index < -0.39 is 10.8 Å². The molecule has 0 amide bonds. The molecular weight excluding hydrogens is 367 g/mol. The van der Waals surface area contributed by atoms with Crippen molar-refractivity contribution in [2.75, 3.05) is 0 Å². The van der Waals surface area contributed by atoms with E-state index in [-0.39, 0.29) is 16.5 Å². The van der Waals surface area contributed by atoms with Crippen molar-refractivity contribution in [3.63, 3.8) is 0 Å². The Morgan fingerprint density at radius 2 is 1.19 bits per heavy atom. The number of carbonyl (C=O) groups excluding carboxylic acids is 1. The zero-order valence-electron chi connectivity index (χ0n) is 14.6. The molecule has 26 heavy (non-hydrogen) atoms. The lowest BCUT2D eigenvalue weighted by molar-refractivity contribution is -0.130. The first-order chi connectivity index (χ1) is 12.6. The maximum atomic E-state index is 14.3. The zero-order valence-corrected chi connectivity index (χ0v) is 16.1. The number of pyridine rings is 2. The Hall–Kier alpha value is -1.45. The first-order valence-corrected chi connectivity index (χ1v) is 10.1. The average molecular weight is 389 g/mol. The Balaban J connectivity index is 1.90. The minimum atomic E-state index is -0.703. The van der Waals surface area contributed by atoms with Gasteiger partial charge >= 0.3 is 0 Å². The molecule has 3 nitrogen and oxygen atoms in total. The molecule has 2 aliphatic rings. The third kappa shape index (κ3) is 2.51. The highest BCUT2D eigenvalue weighted by Gasteiger charge is 2.60. The fourth-order valence-electron chi connectivity index (χ4n) is 5.05. The highest BCUT2D eigenvalue weighted by molar-refractivity contribution is 6.27. The minimum absolute atomic E-state index is 0.178. The molecule has 5 heteroatoms. The number of ketones is 1. The fourth-order valence-corrected chi connectivity index (χ4v) is 6.02. The smallest absolute Gasteiger partial charge is 0.156 e. The molecule has 0 radical (unpaired) electrons. The van der Waals surface area contributed by atoms with E-state index in [1.807, 2.05) is 24.3 Å². The summed E-state index contributed by atoms with van der Waals surface area (Å²) in [6, 6.07) is 7.77. The molecule has 2 fully saturated rings. The molecule has 4 rings (SSSR count). The van der Waals surface area contributed by atoms with Crippen molar-refractivity contribution in [1.82, 2.24) is 9.97 Å². The van der Waals surface area contributed by atoms with E-state index in [1.54, 1.807) is 24.8 Å². The van der Waals surface area contributed by atoms with Crippen molar-refractivity contribution in [2.24, 2.45) is 0 Å². The number of hydrogen-bond donors (Lipinski definition) is 0. The molecule has 2 aliphatic carbocycles. The van der Waals surface area contributed by atoms with Crippen LogP contribution in [-0.2, 0) is 15.6 Å². The molecule has 0 aromatic carbocycles. The van der Waals surface area contributed by atoms with Gasteiger partial charge in [0.1, 0.15) is 0 Å². The lowest BCUT2D eigenvalue weighted by Gasteiger charge is -2.42. The number of carbonyl (C=O) groups is 1. The van der Waals surface area contributed by atoms with Gasteiger partial charge in [0.25, 0.3) is 0 Å². The number of halogens is 2. The maximum Gasteiger partial charge on any atom is 0.156 e. The van der Waals surface area contributed by atoms with Gasteiger partial charge in [0, 0.05) is 24.8 Å². The van der Waals surface area contributed by atoms with Gasteiger partial charge in [-0.2, -0.15) is 0 Å². The molecule has 0 spiro atoms. The average Bonchev–Trinajstić information content (AvgIpc) is 3.27. The Bertz CT molecular complexity index is 720. The van der Waals surface area contributed by atoms with Crippen molar-refractivity contribution in [2.45, 2.75) is 60.1 Å². The topological polar surface area (TPSA) is 42.9 Å². The Morgan fingerprint density at radius 1 is 0.808 bits per heavy atom. The number of aromatic nitrogens is 2. The predicted octanol–water partition coefficient (Wildman–Crippen LogP) is 4.80. The maximum absolute atomic E-state index is 14.3. The second-order valence-electron chi connectivity index (χ2n) is 7.46. The van der Waals surface area contributed by atoms with E-state index in [4.69, 9.17) is 23.2 Å². The van der Waals surface area contributed by atoms with Gasteiger partial charge in [-0.1, -0.05) is 12.8 Å². The van der Waals surface area contributed by atoms with Crippen molar-refractivity contribution < 1.29 is 4.79 Å². The van der Waals surface area contributed by atoms with Crippen LogP contribution in [0.3, 0.4) is 0 Å². The molecule has 2 saturated carbocycles. The largest absolute Gasteiger partial charge is 0.298 e. The summed E-state index contributed by atoms with van der Waals surface area (Å²) < 4.78 is 0. The third-order valence-corrected chi connectivity index (χ3v) is 7.51. The molecule has 2 heterocycles. The summed E-state index contributed by atoms with van der Waals surface area (Å²) in [6.07, 6.45) is 12.1. The van der Waals surface area contributed by atoms with Gasteiger partial charge in [-0.3, -0.25) is 14.8 Å². The Kier molecular flexibility index (Phi) is 4.79. The SMILES string of the molecule is O=C(C1(c2ccncc2)CCCC1Cl)C1(c2ccncc2)CCCC1Cl. The van der Waals surface area contributed by atoms with Crippen molar-refractivity contribution in [3.05, 3.63) is 60.2 Å². The number of nitrogens with zero attached hydrogens (tertiary/aromatic N) is 2. The molecule has 0 bridgehead atoms. The summed E-state index contributed by atoms with van der Waals surface area (Å²) in [7, 11) is 0. The van der Waals surface area contributed by atoms with Crippen LogP contribution < -0.4 is 0 Å². The standard InChI is InChI=1S/C21H22Cl2N2O/c22-17-3-1-9-20(17,15-5-11-24-12-6-15)19(26)21(10-2-4-18(21)23)16-7-13-25-14-8-16/h5-8,11-14,17-18H,1-4,9-10H2. The Labute approximate surface area is 164 Å². The molecule has 4 unspecified atom stereocenters. The summed E-state index contributed by atoms with van der Waals surface area (Å²) >= 11 is 13.7. The zero-order chi connectivity index (χ0) is 18.2. The molecule has 136 valence electrons.